The minimum absolute atomic E-state index is 0.0200. The molecule has 4 rings (SSSR count). The monoisotopic (exact) mass is 367 g/mol. The number of nitrogens with zero attached hydrogens (tertiary/aromatic N) is 3. The Morgan fingerprint density at radius 3 is 3.04 bits per heavy atom. The van der Waals surface area contributed by atoms with Crippen LogP contribution in [0, 0.1) is 0 Å². The fraction of sp³-hybridized carbons (Fsp3) is 0.368. The van der Waals surface area contributed by atoms with Crippen LogP contribution in [-0.2, 0) is 17.6 Å². The zero-order valence-corrected chi connectivity index (χ0v) is 15.5. The van der Waals surface area contributed by atoms with Crippen LogP contribution >= 0.6 is 11.3 Å². The molecule has 26 heavy (non-hydrogen) atoms. The fourth-order valence-electron chi connectivity index (χ4n) is 3.24. The maximum atomic E-state index is 12.0. The summed E-state index contributed by atoms with van der Waals surface area (Å²) < 4.78 is 0. The molecule has 3 heterocycles. The fourth-order valence-corrected chi connectivity index (χ4v) is 4.50. The van der Waals surface area contributed by atoms with Gasteiger partial charge in [-0.2, -0.15) is 0 Å². The third-order valence-electron chi connectivity index (χ3n) is 4.47. The largest absolute Gasteiger partial charge is 0.360 e. The van der Waals surface area contributed by atoms with Crippen molar-refractivity contribution in [2.45, 2.75) is 32.6 Å². The average molecular weight is 367 g/mol. The van der Waals surface area contributed by atoms with Crippen molar-refractivity contribution < 1.29 is 4.79 Å². The van der Waals surface area contributed by atoms with Crippen LogP contribution in [-0.4, -0.2) is 33.9 Å². The summed E-state index contributed by atoms with van der Waals surface area (Å²) in [4.78, 5) is 28.1. The first kappa shape index (κ1) is 16.9. The molecule has 0 spiro atoms. The van der Waals surface area contributed by atoms with Gasteiger partial charge in [-0.05, 0) is 43.4 Å². The second kappa shape index (κ2) is 7.37. The van der Waals surface area contributed by atoms with E-state index in [1.54, 1.807) is 23.7 Å². The van der Waals surface area contributed by atoms with Crippen LogP contribution in [0.25, 0.3) is 21.6 Å². The van der Waals surface area contributed by atoms with Crippen LogP contribution in [0.2, 0.25) is 0 Å². The zero-order valence-electron chi connectivity index (χ0n) is 14.7. The lowest BCUT2D eigenvalue weighted by Gasteiger charge is -2.10. The van der Waals surface area contributed by atoms with Gasteiger partial charge in [-0.3, -0.25) is 9.78 Å². The van der Waals surface area contributed by atoms with E-state index in [4.69, 9.17) is 9.97 Å². The lowest BCUT2D eigenvalue weighted by molar-refractivity contribution is -0.119. The third kappa shape index (κ3) is 3.26. The van der Waals surface area contributed by atoms with Gasteiger partial charge >= 0.3 is 0 Å². The molecule has 2 N–H and O–H groups in total. The van der Waals surface area contributed by atoms with Crippen molar-refractivity contribution in [2.24, 2.45) is 0 Å². The third-order valence-corrected chi connectivity index (χ3v) is 5.66. The summed E-state index contributed by atoms with van der Waals surface area (Å²) in [7, 11) is 0. The highest BCUT2D eigenvalue weighted by molar-refractivity contribution is 7.19. The normalized spacial score (nSPS) is 13.0. The number of aryl methyl sites for hydroxylation is 2. The molecule has 0 unspecified atom stereocenters. The summed E-state index contributed by atoms with van der Waals surface area (Å²) in [5.74, 6) is 1.37. The molecular formula is C19H21N5OS. The molecule has 1 aliphatic rings. The smallest absolute Gasteiger partial charge is 0.239 e. The van der Waals surface area contributed by atoms with Gasteiger partial charge in [0.1, 0.15) is 10.6 Å². The van der Waals surface area contributed by atoms with E-state index < -0.39 is 0 Å². The van der Waals surface area contributed by atoms with Crippen molar-refractivity contribution in [1.82, 2.24) is 20.3 Å². The van der Waals surface area contributed by atoms with Gasteiger partial charge in [0.25, 0.3) is 0 Å². The standard InChI is InChI=1S/C19H21N5OS/c1-2-8-21-15(25)11-22-18-16-13-6-3-7-14(13)26-19(16)24-17(23-18)12-5-4-9-20-10-12/h4-5,9-10H,2-3,6-8,11H2,1H3,(H,21,25)(H,22,23,24). The number of nitrogens with one attached hydrogen (secondary N) is 2. The molecule has 0 aromatic carbocycles. The molecule has 3 aromatic rings. The molecule has 134 valence electrons. The highest BCUT2D eigenvalue weighted by atomic mass is 32.1. The minimum Gasteiger partial charge on any atom is -0.360 e. The maximum absolute atomic E-state index is 12.0. The lowest BCUT2D eigenvalue weighted by atomic mass is 10.2. The van der Waals surface area contributed by atoms with Crippen LogP contribution in [0.3, 0.4) is 0 Å². The number of hydrogen-bond donors (Lipinski definition) is 2. The van der Waals surface area contributed by atoms with Crippen LogP contribution in [0.1, 0.15) is 30.2 Å². The number of anilines is 1. The molecule has 7 heteroatoms. The number of amides is 1. The van der Waals surface area contributed by atoms with E-state index in [1.165, 1.54) is 16.9 Å². The predicted octanol–water partition coefficient (Wildman–Crippen LogP) is 3.18. The van der Waals surface area contributed by atoms with Gasteiger partial charge in [0.2, 0.25) is 5.91 Å². The van der Waals surface area contributed by atoms with Crippen LogP contribution < -0.4 is 10.6 Å². The van der Waals surface area contributed by atoms with Crippen molar-refractivity contribution >= 4 is 33.3 Å². The van der Waals surface area contributed by atoms with Crippen LogP contribution in [0.5, 0.6) is 0 Å². The molecule has 6 nitrogen and oxygen atoms in total. The molecule has 0 saturated carbocycles. The van der Waals surface area contributed by atoms with Crippen molar-refractivity contribution in [3.63, 3.8) is 0 Å². The van der Waals surface area contributed by atoms with Gasteiger partial charge in [-0.25, -0.2) is 9.97 Å². The topological polar surface area (TPSA) is 79.8 Å². The molecule has 1 aliphatic carbocycles. The molecule has 1 amide bonds. The Balaban J connectivity index is 1.72. The number of fused-ring (bicyclic) bond motifs is 3. The SMILES string of the molecule is CCCNC(=O)CNc1nc(-c2cccnc2)nc2sc3c(c12)CCC3. The molecule has 0 saturated heterocycles. The Morgan fingerprint density at radius 2 is 2.23 bits per heavy atom. The molecule has 0 fully saturated rings. The number of aromatic nitrogens is 3. The van der Waals surface area contributed by atoms with E-state index in [0.717, 1.165) is 40.9 Å². The van der Waals surface area contributed by atoms with E-state index in [2.05, 4.69) is 15.6 Å². The summed E-state index contributed by atoms with van der Waals surface area (Å²) in [6, 6.07) is 3.83. The summed E-state index contributed by atoms with van der Waals surface area (Å²) in [5, 5.41) is 7.22. The summed E-state index contributed by atoms with van der Waals surface area (Å²) in [5.41, 5.74) is 2.22. The first-order chi connectivity index (χ1) is 12.8. The van der Waals surface area contributed by atoms with E-state index in [-0.39, 0.29) is 12.5 Å². The Hall–Kier alpha value is -2.54. The summed E-state index contributed by atoms with van der Waals surface area (Å²) >= 11 is 1.75. The Labute approximate surface area is 156 Å². The van der Waals surface area contributed by atoms with Gasteiger partial charge in [0, 0.05) is 29.4 Å². The van der Waals surface area contributed by atoms with Crippen molar-refractivity contribution in [3.8, 4) is 11.4 Å². The van der Waals surface area contributed by atoms with Crippen LogP contribution in [0.4, 0.5) is 5.82 Å². The molecule has 0 atom stereocenters. The van der Waals surface area contributed by atoms with E-state index in [0.29, 0.717) is 12.4 Å². The average Bonchev–Trinajstić information content (AvgIpc) is 3.25. The number of carbonyl (C=O) groups is 1. The lowest BCUT2D eigenvalue weighted by Crippen LogP contribution is -2.30. The summed E-state index contributed by atoms with van der Waals surface area (Å²) in [6.45, 7) is 2.94. The number of carbonyl (C=O) groups excluding carboxylic acids is 1. The molecule has 0 bridgehead atoms. The van der Waals surface area contributed by atoms with Gasteiger partial charge in [0.05, 0.1) is 11.9 Å². The van der Waals surface area contributed by atoms with Gasteiger partial charge in [-0.1, -0.05) is 6.92 Å². The second-order valence-corrected chi connectivity index (χ2v) is 7.46. The zero-order chi connectivity index (χ0) is 17.9. The van der Waals surface area contributed by atoms with Crippen LogP contribution in [0.15, 0.2) is 24.5 Å². The molecular weight excluding hydrogens is 346 g/mol. The highest BCUT2D eigenvalue weighted by Gasteiger charge is 2.23. The number of thiophene rings is 1. The van der Waals surface area contributed by atoms with Gasteiger partial charge in [-0.15, -0.1) is 11.3 Å². The quantitative estimate of drug-likeness (QED) is 0.699. The highest BCUT2D eigenvalue weighted by Crippen LogP contribution is 2.40. The number of pyridine rings is 1. The first-order valence-electron chi connectivity index (χ1n) is 8.99. The molecule has 3 aromatic heterocycles. The first-order valence-corrected chi connectivity index (χ1v) is 9.81. The van der Waals surface area contributed by atoms with E-state index in [9.17, 15) is 4.79 Å². The van der Waals surface area contributed by atoms with Gasteiger partial charge < -0.3 is 10.6 Å². The molecule has 0 radical (unpaired) electrons. The van der Waals surface area contributed by atoms with Crippen molar-refractivity contribution in [2.75, 3.05) is 18.4 Å². The van der Waals surface area contributed by atoms with E-state index >= 15 is 0 Å². The minimum atomic E-state index is -0.0200. The molecule has 0 aliphatic heterocycles. The predicted molar refractivity (Wildman–Crippen MR) is 104 cm³/mol. The van der Waals surface area contributed by atoms with Gasteiger partial charge in [0.15, 0.2) is 5.82 Å². The maximum Gasteiger partial charge on any atom is 0.239 e. The number of rotatable bonds is 6. The second-order valence-electron chi connectivity index (χ2n) is 6.38. The van der Waals surface area contributed by atoms with E-state index in [1.807, 2.05) is 19.1 Å². The Bertz CT molecular complexity index is 938. The Kier molecular flexibility index (Phi) is 4.79. The Morgan fingerprint density at radius 1 is 1.31 bits per heavy atom. The van der Waals surface area contributed by atoms with Crippen molar-refractivity contribution in [1.29, 1.82) is 0 Å². The summed E-state index contributed by atoms with van der Waals surface area (Å²) in [6.07, 6.45) is 7.76. The van der Waals surface area contributed by atoms with Crippen molar-refractivity contribution in [3.05, 3.63) is 35.0 Å². The number of hydrogen-bond acceptors (Lipinski definition) is 6.